The monoisotopic (exact) mass is 382 g/mol. The lowest BCUT2D eigenvalue weighted by atomic mass is 9.92. The number of imidazole rings is 1. The fourth-order valence-corrected chi connectivity index (χ4v) is 3.75. The highest BCUT2D eigenvalue weighted by Crippen LogP contribution is 2.26. The van der Waals surface area contributed by atoms with Crippen LogP contribution in [0, 0.1) is 5.92 Å². The van der Waals surface area contributed by atoms with E-state index in [0.717, 1.165) is 12.8 Å². The quantitative estimate of drug-likeness (QED) is 0.698. The molecule has 4 rings (SSSR count). The second kappa shape index (κ2) is 7.08. The van der Waals surface area contributed by atoms with E-state index in [4.69, 9.17) is 15.9 Å². The Hall–Kier alpha value is -3.20. The third kappa shape index (κ3) is 3.03. The summed E-state index contributed by atoms with van der Waals surface area (Å²) in [5.74, 6) is 0.104. The van der Waals surface area contributed by atoms with Gasteiger partial charge in [0.1, 0.15) is 17.7 Å². The van der Waals surface area contributed by atoms with Crippen LogP contribution in [0.5, 0.6) is 0 Å². The summed E-state index contributed by atoms with van der Waals surface area (Å²) in [5.41, 5.74) is 12.4. The number of rotatable bonds is 4. The number of hydrogen-bond acceptors (Lipinski definition) is 6. The van der Waals surface area contributed by atoms with Crippen LogP contribution < -0.4 is 11.5 Å². The van der Waals surface area contributed by atoms with Gasteiger partial charge >= 0.3 is 0 Å². The number of likely N-dealkylation sites (tertiary alicyclic amines) is 1. The molecule has 1 aliphatic rings. The highest BCUT2D eigenvalue weighted by atomic mass is 16.3. The normalized spacial score (nSPS) is 19.9. The number of furan rings is 1. The van der Waals surface area contributed by atoms with E-state index in [-0.39, 0.29) is 23.3 Å². The van der Waals surface area contributed by atoms with Crippen molar-refractivity contribution in [1.29, 1.82) is 0 Å². The van der Waals surface area contributed by atoms with Crippen molar-refractivity contribution in [2.75, 3.05) is 13.1 Å². The van der Waals surface area contributed by atoms with E-state index >= 15 is 0 Å². The summed E-state index contributed by atoms with van der Waals surface area (Å²) in [6.45, 7) is 3.18. The van der Waals surface area contributed by atoms with Crippen LogP contribution in [-0.4, -0.2) is 50.2 Å². The van der Waals surface area contributed by atoms with Crippen molar-refractivity contribution in [2.24, 2.45) is 17.4 Å². The lowest BCUT2D eigenvalue weighted by Gasteiger charge is -2.38. The molecule has 2 unspecified atom stereocenters. The zero-order valence-corrected chi connectivity index (χ0v) is 15.5. The van der Waals surface area contributed by atoms with Crippen molar-refractivity contribution < 1.29 is 14.0 Å². The molecule has 4 heterocycles. The number of nitrogens with zero attached hydrogens (tertiary/aromatic N) is 4. The molecule has 2 amide bonds. The third-order valence-corrected chi connectivity index (χ3v) is 5.24. The predicted octanol–water partition coefficient (Wildman–Crippen LogP) is 1.29. The van der Waals surface area contributed by atoms with E-state index in [1.165, 1.54) is 17.0 Å². The van der Waals surface area contributed by atoms with Crippen molar-refractivity contribution >= 4 is 17.5 Å². The molecule has 9 nitrogen and oxygen atoms in total. The fraction of sp³-hybridized carbons (Fsp3) is 0.368. The first-order chi connectivity index (χ1) is 13.5. The first kappa shape index (κ1) is 18.2. The van der Waals surface area contributed by atoms with Gasteiger partial charge < -0.3 is 20.8 Å². The number of aromatic nitrogens is 3. The van der Waals surface area contributed by atoms with E-state index in [1.807, 2.05) is 0 Å². The van der Waals surface area contributed by atoms with Gasteiger partial charge in [0.2, 0.25) is 0 Å². The van der Waals surface area contributed by atoms with Crippen LogP contribution in [0.15, 0.2) is 35.2 Å². The molecule has 2 atom stereocenters. The highest BCUT2D eigenvalue weighted by Gasteiger charge is 2.31. The Morgan fingerprint density at radius 2 is 2.21 bits per heavy atom. The van der Waals surface area contributed by atoms with Gasteiger partial charge in [-0.25, -0.2) is 9.97 Å². The predicted molar refractivity (Wildman–Crippen MR) is 101 cm³/mol. The molecule has 1 aliphatic heterocycles. The molecule has 146 valence electrons. The molecule has 4 N–H and O–H groups in total. The minimum Gasteiger partial charge on any atom is -0.463 e. The van der Waals surface area contributed by atoms with Crippen LogP contribution in [0.25, 0.3) is 17.1 Å². The molecule has 0 saturated carbocycles. The van der Waals surface area contributed by atoms with E-state index in [1.54, 1.807) is 23.1 Å². The van der Waals surface area contributed by atoms with Crippen LogP contribution in [0.1, 0.15) is 40.7 Å². The molecule has 3 aromatic heterocycles. The Bertz CT molecular complexity index is 1030. The molecule has 0 aliphatic carbocycles. The SMILES string of the molecule is CC1CCN(C(=O)c2cc(-c3ccco3)nc3c(C(N)=O)ncn23)C(CN)C1. The molecule has 3 aromatic rings. The molecule has 9 heteroatoms. The lowest BCUT2D eigenvalue weighted by Crippen LogP contribution is -2.49. The molecule has 0 spiro atoms. The second-order valence-corrected chi connectivity index (χ2v) is 7.17. The van der Waals surface area contributed by atoms with Gasteiger partial charge in [-0.2, -0.15) is 0 Å². The number of hydrogen-bond donors (Lipinski definition) is 2. The Morgan fingerprint density at radius 3 is 2.89 bits per heavy atom. The van der Waals surface area contributed by atoms with Crippen LogP contribution in [0.2, 0.25) is 0 Å². The zero-order valence-electron chi connectivity index (χ0n) is 15.5. The number of piperidine rings is 1. The zero-order chi connectivity index (χ0) is 19.8. The smallest absolute Gasteiger partial charge is 0.271 e. The summed E-state index contributed by atoms with van der Waals surface area (Å²) in [6, 6.07) is 5.07. The van der Waals surface area contributed by atoms with Crippen LogP contribution in [0.3, 0.4) is 0 Å². The number of amides is 2. The second-order valence-electron chi connectivity index (χ2n) is 7.17. The van der Waals surface area contributed by atoms with Crippen LogP contribution in [-0.2, 0) is 0 Å². The minimum atomic E-state index is -0.711. The van der Waals surface area contributed by atoms with Crippen molar-refractivity contribution in [3.8, 4) is 11.5 Å². The van der Waals surface area contributed by atoms with Gasteiger partial charge in [0.25, 0.3) is 11.8 Å². The van der Waals surface area contributed by atoms with Crippen molar-refractivity contribution in [3.05, 3.63) is 42.2 Å². The molecular formula is C19H22N6O3. The average molecular weight is 382 g/mol. The Balaban J connectivity index is 1.85. The average Bonchev–Trinajstić information content (AvgIpc) is 3.36. The first-order valence-corrected chi connectivity index (χ1v) is 9.22. The van der Waals surface area contributed by atoms with Gasteiger partial charge in [-0.1, -0.05) is 6.92 Å². The summed E-state index contributed by atoms with van der Waals surface area (Å²) in [5, 5.41) is 0. The van der Waals surface area contributed by atoms with Crippen molar-refractivity contribution in [1.82, 2.24) is 19.3 Å². The van der Waals surface area contributed by atoms with Crippen molar-refractivity contribution in [3.63, 3.8) is 0 Å². The summed E-state index contributed by atoms with van der Waals surface area (Å²) < 4.78 is 6.93. The van der Waals surface area contributed by atoms with E-state index in [2.05, 4.69) is 16.9 Å². The highest BCUT2D eigenvalue weighted by molar-refractivity contribution is 5.99. The minimum absolute atomic E-state index is 0.00472. The third-order valence-electron chi connectivity index (χ3n) is 5.24. The Kier molecular flexibility index (Phi) is 4.60. The fourth-order valence-electron chi connectivity index (χ4n) is 3.75. The first-order valence-electron chi connectivity index (χ1n) is 9.22. The summed E-state index contributed by atoms with van der Waals surface area (Å²) in [7, 11) is 0. The summed E-state index contributed by atoms with van der Waals surface area (Å²) in [4.78, 5) is 35.5. The molecule has 0 radical (unpaired) electrons. The maximum Gasteiger partial charge on any atom is 0.271 e. The molecule has 28 heavy (non-hydrogen) atoms. The Morgan fingerprint density at radius 1 is 1.39 bits per heavy atom. The van der Waals surface area contributed by atoms with Gasteiger partial charge in [-0.3, -0.25) is 14.0 Å². The topological polar surface area (TPSA) is 133 Å². The molecule has 0 aromatic carbocycles. The van der Waals surface area contributed by atoms with Gasteiger partial charge in [-0.15, -0.1) is 0 Å². The number of fused-ring (bicyclic) bond motifs is 1. The van der Waals surface area contributed by atoms with E-state index < -0.39 is 5.91 Å². The van der Waals surface area contributed by atoms with E-state index in [9.17, 15) is 9.59 Å². The maximum absolute atomic E-state index is 13.4. The van der Waals surface area contributed by atoms with E-state index in [0.29, 0.717) is 36.2 Å². The number of carbonyl (C=O) groups excluding carboxylic acids is 2. The number of primary amides is 1. The number of nitrogens with two attached hydrogens (primary N) is 2. The lowest BCUT2D eigenvalue weighted by molar-refractivity contribution is 0.0565. The molecular weight excluding hydrogens is 360 g/mol. The largest absolute Gasteiger partial charge is 0.463 e. The van der Waals surface area contributed by atoms with Gasteiger partial charge in [0.05, 0.1) is 6.26 Å². The van der Waals surface area contributed by atoms with Gasteiger partial charge in [-0.05, 0) is 37.0 Å². The molecule has 0 bridgehead atoms. The summed E-state index contributed by atoms with van der Waals surface area (Å²) >= 11 is 0. The standard InChI is InChI=1S/C19H22N6O3/c1-11-4-5-24(12(7-11)9-20)19(27)14-8-13(15-3-2-6-28-15)23-18-16(17(21)26)22-10-25(14)18/h2-3,6,8,10-12H,4-5,7,9,20H2,1H3,(H2,21,26). The van der Waals surface area contributed by atoms with Gasteiger partial charge in [0, 0.05) is 19.1 Å². The number of carbonyl (C=O) groups is 2. The van der Waals surface area contributed by atoms with Crippen LogP contribution in [0.4, 0.5) is 0 Å². The maximum atomic E-state index is 13.4. The van der Waals surface area contributed by atoms with Crippen LogP contribution >= 0.6 is 0 Å². The van der Waals surface area contributed by atoms with Crippen molar-refractivity contribution in [2.45, 2.75) is 25.8 Å². The van der Waals surface area contributed by atoms with Gasteiger partial charge in [0.15, 0.2) is 17.1 Å². The molecule has 1 fully saturated rings. The Labute approximate surface area is 161 Å². The summed E-state index contributed by atoms with van der Waals surface area (Å²) in [6.07, 6.45) is 4.69. The molecule has 1 saturated heterocycles.